The molecule has 0 fully saturated rings. The topological polar surface area (TPSA) is 64.1 Å². The summed E-state index contributed by atoms with van der Waals surface area (Å²) in [7, 11) is 1.67. The highest BCUT2D eigenvalue weighted by Crippen LogP contribution is 2.34. The summed E-state index contributed by atoms with van der Waals surface area (Å²) in [5.41, 5.74) is 6.55. The van der Waals surface area contributed by atoms with Crippen LogP contribution in [0, 0.1) is 5.82 Å². The summed E-state index contributed by atoms with van der Waals surface area (Å²) in [4.78, 5) is 0. The number of rotatable bonds is 1. The van der Waals surface area contributed by atoms with E-state index in [0.717, 1.165) is 6.07 Å². The number of nitrogens with zero attached hydrogens (tertiary/aromatic N) is 2. The summed E-state index contributed by atoms with van der Waals surface area (Å²) in [6, 6.07) is 2.50. The molecular formula is C10H9BrFN3O. The molecular weight excluding hydrogens is 277 g/mol. The Morgan fingerprint density at radius 2 is 2.12 bits per heavy atom. The van der Waals surface area contributed by atoms with Crippen molar-refractivity contribution in [3.63, 3.8) is 0 Å². The van der Waals surface area contributed by atoms with Crippen LogP contribution in [0.5, 0.6) is 5.75 Å². The van der Waals surface area contributed by atoms with Crippen molar-refractivity contribution < 1.29 is 9.50 Å². The molecule has 0 radical (unpaired) electrons. The van der Waals surface area contributed by atoms with Crippen LogP contribution in [0.15, 0.2) is 22.8 Å². The SMILES string of the molecule is Cn1ncc(-c2cc(Br)c(O)cc2F)c1N. The van der Waals surface area contributed by atoms with Gasteiger partial charge in [-0.2, -0.15) is 5.10 Å². The lowest BCUT2D eigenvalue weighted by Crippen LogP contribution is -1.98. The van der Waals surface area contributed by atoms with Crippen molar-refractivity contribution in [2.24, 2.45) is 7.05 Å². The summed E-state index contributed by atoms with van der Waals surface area (Å²) in [6.45, 7) is 0. The van der Waals surface area contributed by atoms with E-state index in [1.807, 2.05) is 0 Å². The predicted molar refractivity (Wildman–Crippen MR) is 62.4 cm³/mol. The predicted octanol–water partition coefficient (Wildman–Crippen LogP) is 2.28. The second kappa shape index (κ2) is 3.79. The Kier molecular flexibility index (Phi) is 2.59. The highest BCUT2D eigenvalue weighted by molar-refractivity contribution is 9.10. The molecule has 16 heavy (non-hydrogen) atoms. The Labute approximate surface area is 99.6 Å². The molecule has 0 amide bonds. The Bertz CT molecular complexity index is 553. The first kappa shape index (κ1) is 10.9. The molecule has 0 spiro atoms. The number of nitrogen functional groups attached to an aromatic ring is 1. The number of benzene rings is 1. The molecule has 4 nitrogen and oxygen atoms in total. The first-order valence-electron chi connectivity index (χ1n) is 4.46. The van der Waals surface area contributed by atoms with Crippen molar-refractivity contribution in [1.82, 2.24) is 9.78 Å². The minimum absolute atomic E-state index is 0.149. The Balaban J connectivity index is 2.65. The highest BCUT2D eigenvalue weighted by Gasteiger charge is 2.14. The third-order valence-electron chi connectivity index (χ3n) is 2.31. The number of aryl methyl sites for hydroxylation is 1. The van der Waals surface area contributed by atoms with Gasteiger partial charge in [0.1, 0.15) is 17.4 Å². The number of anilines is 1. The number of nitrogens with two attached hydrogens (primary N) is 1. The smallest absolute Gasteiger partial charge is 0.134 e. The molecule has 3 N–H and O–H groups in total. The van der Waals surface area contributed by atoms with E-state index >= 15 is 0 Å². The molecule has 6 heteroatoms. The maximum absolute atomic E-state index is 13.6. The maximum atomic E-state index is 13.6. The van der Waals surface area contributed by atoms with Crippen molar-refractivity contribution >= 4 is 21.7 Å². The fraction of sp³-hybridized carbons (Fsp3) is 0.100. The van der Waals surface area contributed by atoms with E-state index in [2.05, 4.69) is 21.0 Å². The fourth-order valence-corrected chi connectivity index (χ4v) is 1.74. The second-order valence-corrected chi connectivity index (χ2v) is 4.20. The molecule has 2 aromatic rings. The van der Waals surface area contributed by atoms with Crippen molar-refractivity contribution in [3.05, 3.63) is 28.6 Å². The van der Waals surface area contributed by atoms with Gasteiger partial charge in [0.2, 0.25) is 0 Å². The molecule has 0 aliphatic heterocycles. The summed E-state index contributed by atoms with van der Waals surface area (Å²) in [5.74, 6) is -0.319. The van der Waals surface area contributed by atoms with Gasteiger partial charge in [0.15, 0.2) is 0 Å². The lowest BCUT2D eigenvalue weighted by atomic mass is 10.1. The zero-order valence-electron chi connectivity index (χ0n) is 8.41. The molecule has 1 aromatic carbocycles. The van der Waals surface area contributed by atoms with Crippen molar-refractivity contribution in [2.75, 3.05) is 5.73 Å². The van der Waals surface area contributed by atoms with Crippen LogP contribution in [0.2, 0.25) is 0 Å². The van der Waals surface area contributed by atoms with Gasteiger partial charge in [0.05, 0.1) is 10.7 Å². The standard InChI is InChI=1S/C10H9BrFN3O/c1-15-10(13)6(4-14-15)5-2-7(11)9(16)3-8(5)12/h2-4,16H,13H2,1H3. The van der Waals surface area contributed by atoms with E-state index in [0.29, 0.717) is 21.4 Å². The molecule has 0 aliphatic rings. The van der Waals surface area contributed by atoms with E-state index in [1.165, 1.54) is 16.9 Å². The van der Waals surface area contributed by atoms with Crippen LogP contribution in [0.1, 0.15) is 0 Å². The van der Waals surface area contributed by atoms with E-state index in [9.17, 15) is 9.50 Å². The largest absolute Gasteiger partial charge is 0.507 e. The summed E-state index contributed by atoms with van der Waals surface area (Å²) < 4.78 is 15.5. The maximum Gasteiger partial charge on any atom is 0.134 e. The normalized spacial score (nSPS) is 10.7. The Morgan fingerprint density at radius 1 is 1.44 bits per heavy atom. The monoisotopic (exact) mass is 285 g/mol. The zero-order chi connectivity index (χ0) is 11.9. The molecule has 0 saturated carbocycles. The molecule has 0 atom stereocenters. The molecule has 0 unspecified atom stereocenters. The van der Waals surface area contributed by atoms with E-state index in [1.54, 1.807) is 7.05 Å². The fourth-order valence-electron chi connectivity index (χ4n) is 1.40. The third-order valence-corrected chi connectivity index (χ3v) is 2.95. The number of aromatic hydroxyl groups is 1. The van der Waals surface area contributed by atoms with Crippen LogP contribution >= 0.6 is 15.9 Å². The first-order valence-corrected chi connectivity index (χ1v) is 5.26. The van der Waals surface area contributed by atoms with Crippen LogP contribution < -0.4 is 5.73 Å². The van der Waals surface area contributed by atoms with Gasteiger partial charge in [-0.1, -0.05) is 0 Å². The average Bonchev–Trinajstić information content (AvgIpc) is 2.54. The van der Waals surface area contributed by atoms with Gasteiger partial charge in [-0.05, 0) is 22.0 Å². The molecule has 84 valence electrons. The van der Waals surface area contributed by atoms with Gasteiger partial charge in [-0.15, -0.1) is 0 Å². The van der Waals surface area contributed by atoms with Gasteiger partial charge in [0.25, 0.3) is 0 Å². The van der Waals surface area contributed by atoms with Crippen LogP contribution in [0.4, 0.5) is 10.2 Å². The van der Waals surface area contributed by atoms with Crippen molar-refractivity contribution in [2.45, 2.75) is 0 Å². The van der Waals surface area contributed by atoms with E-state index in [4.69, 9.17) is 5.73 Å². The lowest BCUT2D eigenvalue weighted by Gasteiger charge is -2.05. The summed E-state index contributed by atoms with van der Waals surface area (Å²) >= 11 is 3.12. The quantitative estimate of drug-likeness (QED) is 0.845. The Hall–Kier alpha value is -1.56. The van der Waals surface area contributed by atoms with Gasteiger partial charge in [-0.3, -0.25) is 4.68 Å². The number of halogens is 2. The molecule has 0 bridgehead atoms. The summed E-state index contributed by atoms with van der Waals surface area (Å²) in [6.07, 6.45) is 1.48. The number of aromatic nitrogens is 2. The number of phenols is 1. The van der Waals surface area contributed by atoms with Crippen LogP contribution in [-0.4, -0.2) is 14.9 Å². The minimum atomic E-state index is -0.541. The molecule has 1 heterocycles. The van der Waals surface area contributed by atoms with Gasteiger partial charge >= 0.3 is 0 Å². The van der Waals surface area contributed by atoms with Crippen molar-refractivity contribution in [3.8, 4) is 16.9 Å². The second-order valence-electron chi connectivity index (χ2n) is 3.35. The van der Waals surface area contributed by atoms with Crippen molar-refractivity contribution in [1.29, 1.82) is 0 Å². The third kappa shape index (κ3) is 1.65. The number of phenolic OH excluding ortho intramolecular Hbond substituents is 1. The lowest BCUT2D eigenvalue weighted by molar-refractivity contribution is 0.466. The van der Waals surface area contributed by atoms with Crippen LogP contribution in [-0.2, 0) is 7.05 Å². The van der Waals surface area contributed by atoms with Gasteiger partial charge in [-0.25, -0.2) is 4.39 Å². The highest BCUT2D eigenvalue weighted by atomic mass is 79.9. The Morgan fingerprint density at radius 3 is 2.69 bits per heavy atom. The minimum Gasteiger partial charge on any atom is -0.507 e. The molecule has 1 aromatic heterocycles. The first-order chi connectivity index (χ1) is 7.50. The summed E-state index contributed by atoms with van der Waals surface area (Å²) in [5, 5.41) is 13.2. The molecule has 0 aliphatic carbocycles. The van der Waals surface area contributed by atoms with Gasteiger partial charge < -0.3 is 10.8 Å². The van der Waals surface area contributed by atoms with Crippen LogP contribution in [0.25, 0.3) is 11.1 Å². The zero-order valence-corrected chi connectivity index (χ0v) is 9.99. The van der Waals surface area contributed by atoms with Gasteiger partial charge in [0, 0.05) is 24.2 Å². The van der Waals surface area contributed by atoms with E-state index < -0.39 is 5.82 Å². The average molecular weight is 286 g/mol. The number of hydrogen-bond acceptors (Lipinski definition) is 3. The molecule has 2 rings (SSSR count). The number of hydrogen-bond donors (Lipinski definition) is 2. The van der Waals surface area contributed by atoms with Crippen LogP contribution in [0.3, 0.4) is 0 Å². The molecule has 0 saturated heterocycles. The van der Waals surface area contributed by atoms with E-state index in [-0.39, 0.29) is 5.75 Å².